The Morgan fingerprint density at radius 3 is 2.08 bits per heavy atom. The third-order valence-electron chi connectivity index (χ3n) is 3.17. The van der Waals surface area contributed by atoms with Crippen LogP contribution in [0.2, 0.25) is 0 Å². The van der Waals surface area contributed by atoms with Gasteiger partial charge in [0.25, 0.3) is 11.8 Å². The number of para-hydroxylation sites is 1. The highest BCUT2D eigenvalue weighted by atomic mass is 16.2. The molecule has 0 saturated carbocycles. The third kappa shape index (κ3) is 5.35. The van der Waals surface area contributed by atoms with E-state index in [2.05, 4.69) is 21.5 Å². The summed E-state index contributed by atoms with van der Waals surface area (Å²) in [6.07, 6.45) is 0. The van der Waals surface area contributed by atoms with E-state index < -0.39 is 17.8 Å². The van der Waals surface area contributed by atoms with Crippen molar-refractivity contribution in [3.05, 3.63) is 65.7 Å². The van der Waals surface area contributed by atoms with Crippen molar-refractivity contribution in [1.82, 2.24) is 16.2 Å². The first-order chi connectivity index (χ1) is 12.0. The number of benzene rings is 2. The molecule has 0 unspecified atom stereocenters. The molecule has 7 nitrogen and oxygen atoms in total. The zero-order chi connectivity index (χ0) is 18.2. The van der Waals surface area contributed by atoms with Crippen LogP contribution in [0.5, 0.6) is 0 Å². The van der Waals surface area contributed by atoms with Gasteiger partial charge in [-0.05, 0) is 38.1 Å². The number of amides is 4. The first-order valence-electron chi connectivity index (χ1n) is 7.79. The number of rotatable bonds is 4. The van der Waals surface area contributed by atoms with Crippen LogP contribution in [0.15, 0.2) is 54.6 Å². The zero-order valence-corrected chi connectivity index (χ0v) is 14.0. The summed E-state index contributed by atoms with van der Waals surface area (Å²) in [6, 6.07) is 14.6. The molecule has 0 aliphatic carbocycles. The van der Waals surface area contributed by atoms with E-state index in [4.69, 9.17) is 0 Å². The van der Waals surface area contributed by atoms with E-state index in [-0.39, 0.29) is 11.6 Å². The SMILES string of the molecule is CC(C)NC(=O)Nc1ccccc1C(=O)NNC(=O)c1ccccc1. The van der Waals surface area contributed by atoms with Gasteiger partial charge in [0.15, 0.2) is 0 Å². The van der Waals surface area contributed by atoms with Gasteiger partial charge < -0.3 is 10.6 Å². The van der Waals surface area contributed by atoms with Gasteiger partial charge in [0.05, 0.1) is 11.3 Å². The molecule has 2 rings (SSSR count). The van der Waals surface area contributed by atoms with Crippen LogP contribution in [-0.2, 0) is 0 Å². The van der Waals surface area contributed by atoms with Crippen molar-refractivity contribution in [3.63, 3.8) is 0 Å². The molecule has 0 heterocycles. The normalized spacial score (nSPS) is 10.0. The number of carbonyl (C=O) groups excluding carboxylic acids is 3. The fraction of sp³-hybridized carbons (Fsp3) is 0.167. The first kappa shape index (κ1) is 18.0. The van der Waals surface area contributed by atoms with Crippen molar-refractivity contribution in [3.8, 4) is 0 Å². The molecule has 0 fully saturated rings. The molecular formula is C18H20N4O3. The fourth-order valence-electron chi connectivity index (χ4n) is 2.05. The summed E-state index contributed by atoms with van der Waals surface area (Å²) in [5, 5.41) is 5.30. The first-order valence-corrected chi connectivity index (χ1v) is 7.79. The quantitative estimate of drug-likeness (QED) is 0.643. The molecule has 7 heteroatoms. The van der Waals surface area contributed by atoms with E-state index in [1.807, 2.05) is 13.8 Å². The van der Waals surface area contributed by atoms with Crippen LogP contribution in [0.25, 0.3) is 0 Å². The molecule has 25 heavy (non-hydrogen) atoms. The summed E-state index contributed by atoms with van der Waals surface area (Å²) in [7, 11) is 0. The van der Waals surface area contributed by atoms with Gasteiger partial charge in [-0.3, -0.25) is 20.4 Å². The van der Waals surface area contributed by atoms with Crippen molar-refractivity contribution in [2.45, 2.75) is 19.9 Å². The molecule has 0 aliphatic heterocycles. The minimum absolute atomic E-state index is 0.0360. The highest BCUT2D eigenvalue weighted by molar-refractivity contribution is 6.04. The van der Waals surface area contributed by atoms with Crippen molar-refractivity contribution >= 4 is 23.5 Å². The van der Waals surface area contributed by atoms with E-state index in [0.29, 0.717) is 11.3 Å². The van der Waals surface area contributed by atoms with E-state index in [1.165, 1.54) is 0 Å². The van der Waals surface area contributed by atoms with E-state index in [9.17, 15) is 14.4 Å². The maximum atomic E-state index is 12.3. The maximum absolute atomic E-state index is 12.3. The molecule has 0 atom stereocenters. The monoisotopic (exact) mass is 340 g/mol. The maximum Gasteiger partial charge on any atom is 0.319 e. The molecule has 0 spiro atoms. The third-order valence-corrected chi connectivity index (χ3v) is 3.17. The average Bonchev–Trinajstić information content (AvgIpc) is 2.60. The Morgan fingerprint density at radius 1 is 0.800 bits per heavy atom. The Morgan fingerprint density at radius 2 is 1.40 bits per heavy atom. The van der Waals surface area contributed by atoms with Crippen molar-refractivity contribution in [1.29, 1.82) is 0 Å². The minimum Gasteiger partial charge on any atom is -0.336 e. The molecule has 0 aliphatic rings. The second-order valence-corrected chi connectivity index (χ2v) is 5.57. The van der Waals surface area contributed by atoms with Gasteiger partial charge in [-0.15, -0.1) is 0 Å². The molecule has 2 aromatic carbocycles. The van der Waals surface area contributed by atoms with Gasteiger partial charge >= 0.3 is 6.03 Å². The topological polar surface area (TPSA) is 99.3 Å². The average molecular weight is 340 g/mol. The lowest BCUT2D eigenvalue weighted by molar-refractivity contribution is 0.0847. The minimum atomic E-state index is -0.537. The largest absolute Gasteiger partial charge is 0.336 e. The van der Waals surface area contributed by atoms with Crippen LogP contribution >= 0.6 is 0 Å². The number of urea groups is 1. The van der Waals surface area contributed by atoms with Crippen LogP contribution in [0.1, 0.15) is 34.6 Å². The number of carbonyl (C=O) groups is 3. The Kier molecular flexibility index (Phi) is 6.11. The second kappa shape index (κ2) is 8.49. The molecule has 0 aromatic heterocycles. The Labute approximate surface area is 145 Å². The molecule has 130 valence electrons. The number of hydrogen-bond acceptors (Lipinski definition) is 3. The second-order valence-electron chi connectivity index (χ2n) is 5.57. The van der Waals surface area contributed by atoms with Gasteiger partial charge in [-0.2, -0.15) is 0 Å². The van der Waals surface area contributed by atoms with Crippen LogP contribution in [-0.4, -0.2) is 23.9 Å². The molecule has 0 bridgehead atoms. The van der Waals surface area contributed by atoms with E-state index in [0.717, 1.165) is 0 Å². The summed E-state index contributed by atoms with van der Waals surface area (Å²) >= 11 is 0. The Hall–Kier alpha value is -3.35. The standard InChI is InChI=1S/C18H20N4O3/c1-12(2)19-18(25)20-15-11-7-6-10-14(15)17(24)22-21-16(23)13-8-4-3-5-9-13/h3-12H,1-2H3,(H,21,23)(H,22,24)(H2,19,20,25). The zero-order valence-electron chi connectivity index (χ0n) is 14.0. The Balaban J connectivity index is 2.02. The van der Waals surface area contributed by atoms with Crippen LogP contribution in [0, 0.1) is 0 Å². The summed E-state index contributed by atoms with van der Waals surface area (Å²) in [5.41, 5.74) is 5.68. The van der Waals surface area contributed by atoms with Crippen molar-refractivity contribution < 1.29 is 14.4 Å². The van der Waals surface area contributed by atoms with Gasteiger partial charge in [0, 0.05) is 11.6 Å². The van der Waals surface area contributed by atoms with Gasteiger partial charge in [-0.25, -0.2) is 4.79 Å². The van der Waals surface area contributed by atoms with Crippen LogP contribution in [0.3, 0.4) is 0 Å². The van der Waals surface area contributed by atoms with E-state index in [1.54, 1.807) is 54.6 Å². The molecule has 0 saturated heterocycles. The predicted molar refractivity (Wildman–Crippen MR) is 95.1 cm³/mol. The Bertz CT molecular complexity index is 760. The number of anilines is 1. The fourth-order valence-corrected chi connectivity index (χ4v) is 2.05. The van der Waals surface area contributed by atoms with Gasteiger partial charge in [0.2, 0.25) is 0 Å². The van der Waals surface area contributed by atoms with Crippen molar-refractivity contribution in [2.24, 2.45) is 0 Å². The lowest BCUT2D eigenvalue weighted by atomic mass is 10.1. The number of hydrazine groups is 1. The van der Waals surface area contributed by atoms with Crippen LogP contribution < -0.4 is 21.5 Å². The smallest absolute Gasteiger partial charge is 0.319 e. The molecule has 0 radical (unpaired) electrons. The van der Waals surface area contributed by atoms with Crippen LogP contribution in [0.4, 0.5) is 10.5 Å². The summed E-state index contributed by atoms with van der Waals surface area (Å²) in [5.74, 6) is -0.971. The highest BCUT2D eigenvalue weighted by Gasteiger charge is 2.14. The van der Waals surface area contributed by atoms with E-state index >= 15 is 0 Å². The molecule has 2 aromatic rings. The number of hydrogen-bond donors (Lipinski definition) is 4. The molecular weight excluding hydrogens is 320 g/mol. The number of nitrogens with one attached hydrogen (secondary N) is 4. The molecule has 4 amide bonds. The van der Waals surface area contributed by atoms with Crippen molar-refractivity contribution in [2.75, 3.05) is 5.32 Å². The lowest BCUT2D eigenvalue weighted by Gasteiger charge is -2.14. The van der Waals surface area contributed by atoms with Gasteiger partial charge in [0.1, 0.15) is 0 Å². The summed E-state index contributed by atoms with van der Waals surface area (Å²) < 4.78 is 0. The van der Waals surface area contributed by atoms with Gasteiger partial charge in [-0.1, -0.05) is 30.3 Å². The highest BCUT2D eigenvalue weighted by Crippen LogP contribution is 2.14. The molecule has 4 N–H and O–H groups in total. The summed E-state index contributed by atoms with van der Waals surface area (Å²) in [4.78, 5) is 36.1. The predicted octanol–water partition coefficient (Wildman–Crippen LogP) is 2.29. The lowest BCUT2D eigenvalue weighted by Crippen LogP contribution is -2.42. The summed E-state index contributed by atoms with van der Waals surface area (Å²) in [6.45, 7) is 3.66.